The summed E-state index contributed by atoms with van der Waals surface area (Å²) in [4.78, 5) is 22.7. The van der Waals surface area contributed by atoms with Gasteiger partial charge in [0.15, 0.2) is 0 Å². The Bertz CT molecular complexity index is 1770. The van der Waals surface area contributed by atoms with E-state index in [1.165, 1.54) is 25.7 Å². The second kappa shape index (κ2) is 12.8. The molecule has 0 spiro atoms. The van der Waals surface area contributed by atoms with Crippen molar-refractivity contribution < 1.29 is 14.3 Å². The molecule has 0 radical (unpaired) electrons. The fourth-order valence-electron chi connectivity index (χ4n) is 6.69. The molecule has 0 amide bonds. The highest BCUT2D eigenvalue weighted by Crippen LogP contribution is 2.38. The molecule has 7 rings (SSSR count). The quantitative estimate of drug-likeness (QED) is 0.148. The first-order valence-corrected chi connectivity index (χ1v) is 15.8. The maximum absolute atomic E-state index is 9.41. The van der Waals surface area contributed by atoms with Gasteiger partial charge in [-0.05, 0) is 43.5 Å². The van der Waals surface area contributed by atoms with Crippen LogP contribution in [-0.2, 0) is 6.42 Å². The number of furan rings is 1. The van der Waals surface area contributed by atoms with Crippen LogP contribution in [0.25, 0.3) is 33.6 Å². The number of nitrogens with two attached hydrogens (primary N) is 1. The predicted octanol–water partition coefficient (Wildman–Crippen LogP) is 5.60. The van der Waals surface area contributed by atoms with Gasteiger partial charge in [-0.2, -0.15) is 0 Å². The van der Waals surface area contributed by atoms with Gasteiger partial charge < -0.3 is 35.2 Å². The van der Waals surface area contributed by atoms with Crippen LogP contribution in [0.15, 0.2) is 59.3 Å². The predicted molar refractivity (Wildman–Crippen MR) is 177 cm³/mol. The zero-order chi connectivity index (χ0) is 30.8. The van der Waals surface area contributed by atoms with E-state index in [-0.39, 0.29) is 6.61 Å². The van der Waals surface area contributed by atoms with E-state index < -0.39 is 0 Å². The average molecular weight is 609 g/mol. The number of benzene rings is 2. The Morgan fingerprint density at radius 1 is 1.07 bits per heavy atom. The summed E-state index contributed by atoms with van der Waals surface area (Å²) in [7, 11) is 1.66. The van der Waals surface area contributed by atoms with Gasteiger partial charge in [-0.3, -0.25) is 4.90 Å². The van der Waals surface area contributed by atoms with E-state index in [0.29, 0.717) is 41.6 Å². The number of imidazole rings is 1. The van der Waals surface area contributed by atoms with E-state index in [1.54, 1.807) is 19.6 Å². The van der Waals surface area contributed by atoms with Gasteiger partial charge in [-0.25, -0.2) is 15.0 Å². The molecular formula is C34H40N8O3. The normalized spacial score (nSPS) is 16.1. The number of H-pyrrole nitrogens is 1. The van der Waals surface area contributed by atoms with Crippen molar-refractivity contribution in [1.82, 2.24) is 24.8 Å². The standard InChI is InChI=1S/C34H40N8O3/c1-44-30-21-28(42-15-13-41(14-16-42)24-5-2-3-6-24)25(35)20-27(30)38-34-36-12-10-26(37-34)33-32(39-31(40-33)7-4-17-43)23-9-8-22-11-18-45-29(22)19-23/h8-12,18-21,24,43H,2-7,13-17,35H2,1H3,(H,39,40)(H,36,37,38). The lowest BCUT2D eigenvalue weighted by molar-refractivity contribution is 0.187. The summed E-state index contributed by atoms with van der Waals surface area (Å²) in [6, 6.07) is 14.5. The van der Waals surface area contributed by atoms with Crippen LogP contribution in [0.3, 0.4) is 0 Å². The summed E-state index contributed by atoms with van der Waals surface area (Å²) in [5.41, 5.74) is 12.9. The molecule has 1 saturated carbocycles. The summed E-state index contributed by atoms with van der Waals surface area (Å²) in [6.07, 6.45) is 9.97. The molecule has 0 atom stereocenters. The van der Waals surface area contributed by atoms with Crippen molar-refractivity contribution in [3.05, 3.63) is 60.7 Å². The third-order valence-corrected chi connectivity index (χ3v) is 9.06. The first-order valence-electron chi connectivity index (χ1n) is 15.8. The second-order valence-electron chi connectivity index (χ2n) is 11.9. The van der Waals surface area contributed by atoms with E-state index in [9.17, 15) is 5.11 Å². The van der Waals surface area contributed by atoms with Gasteiger partial charge in [0.05, 0.1) is 47.5 Å². The molecule has 1 saturated heterocycles. The Labute approximate surface area is 262 Å². The van der Waals surface area contributed by atoms with Gasteiger partial charge in [0.1, 0.15) is 17.2 Å². The second-order valence-corrected chi connectivity index (χ2v) is 11.9. The monoisotopic (exact) mass is 608 g/mol. The number of methoxy groups -OCH3 is 1. The highest BCUT2D eigenvalue weighted by molar-refractivity contribution is 5.86. The Balaban J connectivity index is 1.14. The zero-order valence-corrected chi connectivity index (χ0v) is 25.6. The van der Waals surface area contributed by atoms with Crippen molar-refractivity contribution in [3.63, 3.8) is 0 Å². The number of aliphatic hydroxyl groups excluding tert-OH is 1. The van der Waals surface area contributed by atoms with Crippen molar-refractivity contribution in [1.29, 1.82) is 0 Å². The first kappa shape index (κ1) is 29.1. The number of ether oxygens (including phenoxy) is 1. The van der Waals surface area contributed by atoms with Crippen molar-refractivity contribution in [3.8, 4) is 28.4 Å². The van der Waals surface area contributed by atoms with E-state index in [0.717, 1.165) is 71.7 Å². The Morgan fingerprint density at radius 2 is 1.91 bits per heavy atom. The molecule has 1 aliphatic heterocycles. The summed E-state index contributed by atoms with van der Waals surface area (Å²) in [6.45, 7) is 4.09. The highest BCUT2D eigenvalue weighted by atomic mass is 16.5. The van der Waals surface area contributed by atoms with Crippen LogP contribution in [-0.4, -0.2) is 75.9 Å². The lowest BCUT2D eigenvalue weighted by Gasteiger charge is -2.39. The molecule has 5 aromatic rings. The lowest BCUT2D eigenvalue weighted by Crippen LogP contribution is -2.49. The number of nitrogens with zero attached hydrogens (tertiary/aromatic N) is 5. The van der Waals surface area contributed by atoms with Crippen molar-refractivity contribution >= 4 is 34.0 Å². The summed E-state index contributed by atoms with van der Waals surface area (Å²) in [5, 5.41) is 13.8. The zero-order valence-electron chi connectivity index (χ0n) is 25.6. The number of rotatable bonds is 10. The average Bonchev–Trinajstić information content (AvgIpc) is 3.85. The van der Waals surface area contributed by atoms with Crippen molar-refractivity contribution in [2.24, 2.45) is 0 Å². The number of nitrogens with one attached hydrogen (secondary N) is 2. The van der Waals surface area contributed by atoms with Gasteiger partial charge >= 0.3 is 0 Å². The molecule has 0 bridgehead atoms. The molecule has 11 heteroatoms. The van der Waals surface area contributed by atoms with E-state index in [1.807, 2.05) is 42.5 Å². The van der Waals surface area contributed by atoms with Crippen molar-refractivity contribution in [2.75, 3.05) is 55.8 Å². The van der Waals surface area contributed by atoms with Gasteiger partial charge in [0.2, 0.25) is 5.95 Å². The van der Waals surface area contributed by atoms with Crippen LogP contribution in [0.1, 0.15) is 37.9 Å². The maximum Gasteiger partial charge on any atom is 0.227 e. The number of aromatic nitrogens is 4. The molecule has 234 valence electrons. The third kappa shape index (κ3) is 6.05. The van der Waals surface area contributed by atoms with Crippen LogP contribution in [0.5, 0.6) is 5.75 Å². The molecule has 4 heterocycles. The molecule has 11 nitrogen and oxygen atoms in total. The molecular weight excluding hydrogens is 568 g/mol. The number of hydrogen-bond acceptors (Lipinski definition) is 10. The number of fused-ring (bicyclic) bond motifs is 1. The Kier molecular flexibility index (Phi) is 8.27. The number of hydrogen-bond donors (Lipinski definition) is 4. The van der Waals surface area contributed by atoms with E-state index >= 15 is 0 Å². The van der Waals surface area contributed by atoms with Crippen molar-refractivity contribution in [2.45, 2.75) is 44.6 Å². The fourth-order valence-corrected chi connectivity index (χ4v) is 6.69. The van der Waals surface area contributed by atoms with Gasteiger partial charge in [0, 0.05) is 68.5 Å². The third-order valence-electron chi connectivity index (χ3n) is 9.06. The Hall–Kier alpha value is -4.61. The molecule has 0 unspecified atom stereocenters. The number of aromatic amines is 1. The number of piperazine rings is 1. The smallest absolute Gasteiger partial charge is 0.227 e. The van der Waals surface area contributed by atoms with E-state index in [4.69, 9.17) is 24.9 Å². The van der Waals surface area contributed by atoms with Gasteiger partial charge in [-0.1, -0.05) is 25.0 Å². The number of nitrogen functional groups attached to an aromatic ring is 1. The molecule has 2 aromatic carbocycles. The highest BCUT2D eigenvalue weighted by Gasteiger charge is 2.27. The topological polar surface area (TPSA) is 142 Å². The molecule has 2 fully saturated rings. The first-order chi connectivity index (χ1) is 22.1. The fraction of sp³-hybridized carbons (Fsp3) is 0.382. The van der Waals surface area contributed by atoms with E-state index in [2.05, 4.69) is 25.1 Å². The minimum absolute atomic E-state index is 0.0890. The molecule has 1 aliphatic carbocycles. The number of aryl methyl sites for hydroxylation is 1. The SMILES string of the molecule is COc1cc(N2CCN(C3CCCC3)CC2)c(N)cc1Nc1nccc(-c2[nH]c(CCCO)nc2-c2ccc3ccoc3c2)n1. The minimum Gasteiger partial charge on any atom is -0.494 e. The Morgan fingerprint density at radius 3 is 2.71 bits per heavy atom. The van der Waals surface area contributed by atoms with Crippen LogP contribution >= 0.6 is 0 Å². The lowest BCUT2D eigenvalue weighted by atomic mass is 10.1. The summed E-state index contributed by atoms with van der Waals surface area (Å²) >= 11 is 0. The van der Waals surface area contributed by atoms with Gasteiger partial charge in [-0.15, -0.1) is 0 Å². The molecule has 5 N–H and O–H groups in total. The van der Waals surface area contributed by atoms with Crippen LogP contribution in [0.4, 0.5) is 23.0 Å². The molecule has 3 aromatic heterocycles. The minimum atomic E-state index is 0.0890. The van der Waals surface area contributed by atoms with Crippen LogP contribution < -0.4 is 20.7 Å². The largest absolute Gasteiger partial charge is 0.494 e. The molecule has 45 heavy (non-hydrogen) atoms. The number of aliphatic hydroxyl groups is 1. The number of anilines is 4. The summed E-state index contributed by atoms with van der Waals surface area (Å²) < 4.78 is 11.5. The van der Waals surface area contributed by atoms with Crippen LogP contribution in [0, 0.1) is 0 Å². The maximum atomic E-state index is 9.41. The summed E-state index contributed by atoms with van der Waals surface area (Å²) in [5.74, 6) is 1.85. The van der Waals surface area contributed by atoms with Crippen LogP contribution in [0.2, 0.25) is 0 Å². The van der Waals surface area contributed by atoms with Gasteiger partial charge in [0.25, 0.3) is 0 Å². The molecule has 2 aliphatic rings.